The third-order valence-corrected chi connectivity index (χ3v) is 2.21. The number of carbonyl (C=O) groups excluding carboxylic acids is 2. The predicted molar refractivity (Wildman–Crippen MR) is 55.4 cm³/mol. The Kier molecular flexibility index (Phi) is 3.13. The van der Waals surface area contributed by atoms with Crippen LogP contribution in [0.3, 0.4) is 0 Å². The molecule has 6 heteroatoms. The van der Waals surface area contributed by atoms with E-state index in [-0.39, 0.29) is 25.5 Å². The molecule has 1 aliphatic rings. The summed E-state index contributed by atoms with van der Waals surface area (Å²) >= 11 is 0. The van der Waals surface area contributed by atoms with Crippen molar-refractivity contribution in [1.82, 2.24) is 0 Å². The van der Waals surface area contributed by atoms with E-state index in [1.807, 2.05) is 0 Å². The summed E-state index contributed by atoms with van der Waals surface area (Å²) in [5.41, 5.74) is 0.539. The van der Waals surface area contributed by atoms with Crippen LogP contribution in [0.1, 0.15) is 12.8 Å². The van der Waals surface area contributed by atoms with Crippen molar-refractivity contribution in [1.29, 1.82) is 0 Å². The summed E-state index contributed by atoms with van der Waals surface area (Å²) in [5.74, 6) is -0.445. The van der Waals surface area contributed by atoms with Gasteiger partial charge in [0.2, 0.25) is 12.7 Å². The topological polar surface area (TPSA) is 87.7 Å². The monoisotopic (exact) mass is 236 g/mol. The number of rotatable bonds is 4. The van der Waals surface area contributed by atoms with E-state index in [0.717, 1.165) is 0 Å². The molecular formula is C11H10NO5-. The van der Waals surface area contributed by atoms with Crippen LogP contribution in [0.5, 0.6) is 11.5 Å². The number of carbonyl (C=O) groups is 2. The number of carboxylic acid groups (broad SMARTS) is 1. The first kappa shape index (κ1) is 11.3. The molecule has 2 rings (SSSR count). The molecule has 1 amide bonds. The van der Waals surface area contributed by atoms with Gasteiger partial charge in [0, 0.05) is 24.1 Å². The number of benzene rings is 1. The molecule has 0 bridgehead atoms. The molecule has 0 aromatic heterocycles. The predicted octanol–water partition coefficient (Wildman–Crippen LogP) is -0.116. The zero-order valence-corrected chi connectivity index (χ0v) is 8.89. The highest BCUT2D eigenvalue weighted by Crippen LogP contribution is 2.34. The Bertz CT molecular complexity index is 457. The van der Waals surface area contributed by atoms with Gasteiger partial charge in [-0.1, -0.05) is 0 Å². The second kappa shape index (κ2) is 4.73. The summed E-state index contributed by atoms with van der Waals surface area (Å²) in [6, 6.07) is 4.96. The van der Waals surface area contributed by atoms with Gasteiger partial charge in [-0.3, -0.25) is 4.79 Å². The molecule has 90 valence electrons. The third kappa shape index (κ3) is 2.87. The largest absolute Gasteiger partial charge is 0.550 e. The van der Waals surface area contributed by atoms with Crippen molar-refractivity contribution < 1.29 is 24.2 Å². The molecule has 1 aromatic rings. The summed E-state index contributed by atoms with van der Waals surface area (Å²) in [6.45, 7) is 0.164. The highest BCUT2D eigenvalue weighted by Gasteiger charge is 2.13. The molecule has 0 unspecified atom stereocenters. The Balaban J connectivity index is 1.95. The van der Waals surface area contributed by atoms with Crippen LogP contribution in [0, 0.1) is 0 Å². The minimum absolute atomic E-state index is 0.114. The zero-order chi connectivity index (χ0) is 12.3. The van der Waals surface area contributed by atoms with Crippen LogP contribution in [0.4, 0.5) is 5.69 Å². The molecular weight excluding hydrogens is 226 g/mol. The second-order valence-electron chi connectivity index (χ2n) is 3.49. The minimum atomic E-state index is -1.24. The van der Waals surface area contributed by atoms with Crippen molar-refractivity contribution in [3.63, 3.8) is 0 Å². The highest BCUT2D eigenvalue weighted by molar-refractivity contribution is 5.92. The van der Waals surface area contributed by atoms with Crippen LogP contribution in [0.2, 0.25) is 0 Å². The Morgan fingerprint density at radius 1 is 1.24 bits per heavy atom. The molecule has 1 aromatic carbocycles. The summed E-state index contributed by atoms with van der Waals surface area (Å²) in [7, 11) is 0. The van der Waals surface area contributed by atoms with E-state index in [4.69, 9.17) is 9.47 Å². The van der Waals surface area contributed by atoms with Crippen molar-refractivity contribution in [3.05, 3.63) is 18.2 Å². The number of nitrogens with one attached hydrogen (secondary N) is 1. The number of carboxylic acids is 1. The minimum Gasteiger partial charge on any atom is -0.550 e. The van der Waals surface area contributed by atoms with Crippen molar-refractivity contribution in [2.24, 2.45) is 0 Å². The quantitative estimate of drug-likeness (QED) is 0.787. The molecule has 1 N–H and O–H groups in total. The van der Waals surface area contributed by atoms with Crippen molar-refractivity contribution in [2.45, 2.75) is 12.8 Å². The molecule has 0 saturated carbocycles. The first-order valence-electron chi connectivity index (χ1n) is 5.04. The highest BCUT2D eigenvalue weighted by atomic mass is 16.7. The van der Waals surface area contributed by atoms with Gasteiger partial charge in [0.05, 0.1) is 0 Å². The fourth-order valence-corrected chi connectivity index (χ4v) is 1.41. The first-order chi connectivity index (χ1) is 8.15. The first-order valence-corrected chi connectivity index (χ1v) is 5.04. The molecule has 1 heterocycles. The molecule has 6 nitrogen and oxygen atoms in total. The van der Waals surface area contributed by atoms with Crippen molar-refractivity contribution >= 4 is 17.6 Å². The lowest BCUT2D eigenvalue weighted by atomic mass is 10.2. The Hall–Kier alpha value is -2.24. The average Bonchev–Trinajstić information content (AvgIpc) is 2.73. The molecule has 0 atom stereocenters. The van der Waals surface area contributed by atoms with Crippen molar-refractivity contribution in [2.75, 3.05) is 12.1 Å². The van der Waals surface area contributed by atoms with Gasteiger partial charge in [0.15, 0.2) is 11.5 Å². The second-order valence-corrected chi connectivity index (χ2v) is 3.49. The van der Waals surface area contributed by atoms with Gasteiger partial charge in [-0.05, 0) is 18.6 Å². The van der Waals surface area contributed by atoms with Crippen LogP contribution in [0.25, 0.3) is 0 Å². The number of ether oxygens (including phenoxy) is 2. The van der Waals surface area contributed by atoms with Crippen LogP contribution >= 0.6 is 0 Å². The molecule has 0 spiro atoms. The number of amides is 1. The lowest BCUT2D eigenvalue weighted by Crippen LogP contribution is -2.24. The molecule has 0 aliphatic carbocycles. The molecule has 0 radical (unpaired) electrons. The fourth-order valence-electron chi connectivity index (χ4n) is 1.41. The SMILES string of the molecule is O=C([O-])CCC(=O)Nc1ccc2c(c1)OCO2. The van der Waals surface area contributed by atoms with E-state index < -0.39 is 5.97 Å². The van der Waals surface area contributed by atoms with Crippen LogP contribution in [0.15, 0.2) is 18.2 Å². The van der Waals surface area contributed by atoms with E-state index in [2.05, 4.69) is 5.32 Å². The molecule has 17 heavy (non-hydrogen) atoms. The van der Waals surface area contributed by atoms with E-state index in [1.54, 1.807) is 18.2 Å². The van der Waals surface area contributed by atoms with E-state index in [0.29, 0.717) is 17.2 Å². The van der Waals surface area contributed by atoms with Crippen molar-refractivity contribution in [3.8, 4) is 11.5 Å². The zero-order valence-electron chi connectivity index (χ0n) is 8.89. The lowest BCUT2D eigenvalue weighted by Gasteiger charge is -2.06. The standard InChI is InChI=1S/C11H11NO5/c13-10(3-4-11(14)15)12-7-1-2-8-9(5-7)17-6-16-8/h1-2,5H,3-4,6H2,(H,12,13)(H,14,15)/p-1. The van der Waals surface area contributed by atoms with E-state index in [1.165, 1.54) is 0 Å². The summed E-state index contributed by atoms with van der Waals surface area (Å²) in [6.07, 6.45) is -0.410. The van der Waals surface area contributed by atoms with Gasteiger partial charge < -0.3 is 24.7 Å². The van der Waals surface area contributed by atoms with E-state index >= 15 is 0 Å². The fraction of sp³-hybridized carbons (Fsp3) is 0.273. The molecule has 1 aliphatic heterocycles. The smallest absolute Gasteiger partial charge is 0.231 e. The average molecular weight is 236 g/mol. The third-order valence-electron chi connectivity index (χ3n) is 2.21. The van der Waals surface area contributed by atoms with Gasteiger partial charge in [0.25, 0.3) is 0 Å². The van der Waals surface area contributed by atoms with Gasteiger partial charge >= 0.3 is 0 Å². The maximum absolute atomic E-state index is 11.3. The van der Waals surface area contributed by atoms with Gasteiger partial charge in [-0.15, -0.1) is 0 Å². The number of hydrogen-bond donors (Lipinski definition) is 1. The number of fused-ring (bicyclic) bond motifs is 1. The maximum atomic E-state index is 11.3. The Morgan fingerprint density at radius 2 is 2.00 bits per heavy atom. The van der Waals surface area contributed by atoms with Crippen LogP contribution in [-0.4, -0.2) is 18.7 Å². The summed E-state index contributed by atoms with van der Waals surface area (Å²) in [5, 5.41) is 12.7. The molecule has 0 fully saturated rings. The van der Waals surface area contributed by atoms with Gasteiger partial charge in [-0.2, -0.15) is 0 Å². The van der Waals surface area contributed by atoms with Crippen LogP contribution < -0.4 is 19.9 Å². The lowest BCUT2D eigenvalue weighted by molar-refractivity contribution is -0.305. The Labute approximate surface area is 97.1 Å². The van der Waals surface area contributed by atoms with E-state index in [9.17, 15) is 14.7 Å². The number of anilines is 1. The van der Waals surface area contributed by atoms with Gasteiger partial charge in [-0.25, -0.2) is 0 Å². The molecule has 0 saturated heterocycles. The Morgan fingerprint density at radius 3 is 2.76 bits per heavy atom. The summed E-state index contributed by atoms with van der Waals surface area (Å²) in [4.78, 5) is 21.5. The number of aliphatic carboxylic acids is 1. The number of hydrogen-bond acceptors (Lipinski definition) is 5. The summed E-state index contributed by atoms with van der Waals surface area (Å²) < 4.78 is 10.3. The van der Waals surface area contributed by atoms with Crippen LogP contribution in [-0.2, 0) is 9.59 Å². The van der Waals surface area contributed by atoms with Gasteiger partial charge in [0.1, 0.15) is 0 Å². The normalized spacial score (nSPS) is 12.2. The maximum Gasteiger partial charge on any atom is 0.231 e.